The molecule has 0 fully saturated rings. The Labute approximate surface area is 178 Å². The summed E-state index contributed by atoms with van der Waals surface area (Å²) in [5.74, 6) is 0.682. The van der Waals surface area contributed by atoms with Gasteiger partial charge in [0.15, 0.2) is 5.13 Å². The van der Waals surface area contributed by atoms with Crippen molar-refractivity contribution in [2.45, 2.75) is 32.6 Å². The summed E-state index contributed by atoms with van der Waals surface area (Å²) in [6, 6.07) is 11.4. The van der Waals surface area contributed by atoms with Gasteiger partial charge in [-0.3, -0.25) is 4.79 Å². The van der Waals surface area contributed by atoms with Gasteiger partial charge in [0.05, 0.1) is 17.6 Å². The Morgan fingerprint density at radius 1 is 1.24 bits per heavy atom. The average Bonchev–Trinajstić information content (AvgIpc) is 3.27. The van der Waals surface area contributed by atoms with Gasteiger partial charge >= 0.3 is 0 Å². The first-order chi connectivity index (χ1) is 13.8. The fourth-order valence-corrected chi connectivity index (χ4v) is 4.23. The molecule has 29 heavy (non-hydrogen) atoms. The maximum absolute atomic E-state index is 12.7. The molecule has 3 heterocycles. The highest BCUT2D eigenvalue weighted by atomic mass is 35.5. The minimum absolute atomic E-state index is 0.0493. The largest absolute Gasteiger partial charge is 0.302 e. The van der Waals surface area contributed by atoms with Crippen LogP contribution in [0.5, 0.6) is 0 Å². The Hall–Kier alpha value is -2.70. The van der Waals surface area contributed by atoms with Crippen LogP contribution < -0.4 is 5.32 Å². The molecule has 0 spiro atoms. The van der Waals surface area contributed by atoms with Gasteiger partial charge in [0, 0.05) is 33.6 Å². The predicted molar refractivity (Wildman–Crippen MR) is 119 cm³/mol. The molecule has 0 bridgehead atoms. The summed E-state index contributed by atoms with van der Waals surface area (Å²) in [5.41, 5.74) is 2.77. The minimum atomic E-state index is -0.111. The molecule has 3 aromatic heterocycles. The number of aromatic nitrogens is 3. The molecule has 7 heteroatoms. The summed E-state index contributed by atoms with van der Waals surface area (Å²) in [4.78, 5) is 21.7. The van der Waals surface area contributed by atoms with Crippen molar-refractivity contribution in [3.63, 3.8) is 0 Å². The minimum Gasteiger partial charge on any atom is -0.302 e. The summed E-state index contributed by atoms with van der Waals surface area (Å²) < 4.78 is 1.98. The number of pyridine rings is 1. The van der Waals surface area contributed by atoms with E-state index in [9.17, 15) is 4.79 Å². The first-order valence-electron chi connectivity index (χ1n) is 9.28. The van der Waals surface area contributed by atoms with Crippen LogP contribution in [-0.4, -0.2) is 20.4 Å². The molecule has 148 valence electrons. The summed E-state index contributed by atoms with van der Waals surface area (Å²) in [6.45, 7) is 6.30. The van der Waals surface area contributed by atoms with Crippen LogP contribution in [0.2, 0.25) is 5.02 Å². The highest BCUT2D eigenvalue weighted by Gasteiger charge is 2.19. The number of hydrogen-bond acceptors (Lipinski definition) is 4. The van der Waals surface area contributed by atoms with E-state index >= 15 is 0 Å². The van der Waals surface area contributed by atoms with Gasteiger partial charge in [0.1, 0.15) is 5.82 Å². The highest BCUT2D eigenvalue weighted by Crippen LogP contribution is 2.29. The third-order valence-electron chi connectivity index (χ3n) is 4.62. The maximum Gasteiger partial charge on any atom is 0.230 e. The highest BCUT2D eigenvalue weighted by molar-refractivity contribution is 7.13. The Kier molecular flexibility index (Phi) is 5.15. The number of nitrogens with zero attached hydrogens (tertiary/aromatic N) is 3. The summed E-state index contributed by atoms with van der Waals surface area (Å²) in [7, 11) is 0. The lowest BCUT2D eigenvalue weighted by molar-refractivity contribution is -0.115. The van der Waals surface area contributed by atoms with Gasteiger partial charge in [-0.25, -0.2) is 9.97 Å². The number of nitrogens with one attached hydrogen (secondary N) is 1. The molecule has 0 saturated carbocycles. The topological polar surface area (TPSA) is 59.8 Å². The molecule has 1 N–H and O–H groups in total. The van der Waals surface area contributed by atoms with Gasteiger partial charge in [-0.1, -0.05) is 38.4 Å². The first kappa shape index (κ1) is 19.6. The predicted octanol–water partition coefficient (Wildman–Crippen LogP) is 5.61. The zero-order valence-corrected chi connectivity index (χ0v) is 18.0. The lowest BCUT2D eigenvalue weighted by atomic mass is 9.93. The monoisotopic (exact) mass is 424 g/mol. The zero-order chi connectivity index (χ0) is 20.6. The van der Waals surface area contributed by atoms with Gasteiger partial charge in [0.25, 0.3) is 0 Å². The fourth-order valence-electron chi connectivity index (χ4n) is 3.11. The van der Waals surface area contributed by atoms with Crippen LogP contribution in [0.3, 0.4) is 0 Å². The van der Waals surface area contributed by atoms with Crippen LogP contribution in [0.15, 0.2) is 54.2 Å². The molecule has 0 radical (unpaired) electrons. The molecular formula is C22H21ClN4OS. The molecule has 0 aliphatic rings. The number of carbonyl (C=O) groups excluding carboxylic acids is 1. The quantitative estimate of drug-likeness (QED) is 0.463. The number of benzene rings is 1. The van der Waals surface area contributed by atoms with E-state index in [2.05, 4.69) is 36.1 Å². The summed E-state index contributed by atoms with van der Waals surface area (Å²) in [5, 5.41) is 7.10. The molecule has 4 aromatic rings. The van der Waals surface area contributed by atoms with Crippen LogP contribution in [0.25, 0.3) is 16.7 Å². The molecule has 0 aliphatic heterocycles. The van der Waals surface area contributed by atoms with E-state index in [1.165, 1.54) is 11.3 Å². The smallest absolute Gasteiger partial charge is 0.230 e. The van der Waals surface area contributed by atoms with Crippen LogP contribution in [0.4, 0.5) is 5.13 Å². The molecule has 1 amide bonds. The third-order valence-corrected chi connectivity index (χ3v) is 5.61. The second kappa shape index (κ2) is 7.61. The normalized spacial score (nSPS) is 11.7. The molecular weight excluding hydrogens is 404 g/mol. The van der Waals surface area contributed by atoms with Crippen molar-refractivity contribution >= 4 is 44.9 Å². The fraction of sp³-hybridized carbons (Fsp3) is 0.227. The number of amides is 1. The van der Waals surface area contributed by atoms with Gasteiger partial charge in [-0.05, 0) is 35.9 Å². The molecule has 1 aromatic carbocycles. The Balaban J connectivity index is 1.63. The lowest BCUT2D eigenvalue weighted by Crippen LogP contribution is -2.15. The molecule has 0 unspecified atom stereocenters. The summed E-state index contributed by atoms with van der Waals surface area (Å²) in [6.07, 6.45) is 3.92. The van der Waals surface area contributed by atoms with Gasteiger partial charge < -0.3 is 9.88 Å². The second-order valence-electron chi connectivity index (χ2n) is 7.89. The van der Waals surface area contributed by atoms with Crippen molar-refractivity contribution in [1.82, 2.24) is 14.5 Å². The van der Waals surface area contributed by atoms with E-state index in [0.29, 0.717) is 10.2 Å². The molecule has 5 nitrogen and oxygen atoms in total. The number of rotatable bonds is 4. The lowest BCUT2D eigenvalue weighted by Gasteiger charge is -2.14. The van der Waals surface area contributed by atoms with Crippen molar-refractivity contribution in [2.75, 3.05) is 5.32 Å². The number of hydrogen-bond donors (Lipinski definition) is 1. The Morgan fingerprint density at radius 2 is 2.07 bits per heavy atom. The van der Waals surface area contributed by atoms with Gasteiger partial charge in [0.2, 0.25) is 5.91 Å². The number of anilines is 1. The van der Waals surface area contributed by atoms with E-state index in [1.807, 2.05) is 52.5 Å². The molecule has 0 atom stereocenters. The van der Waals surface area contributed by atoms with Crippen molar-refractivity contribution in [2.24, 2.45) is 0 Å². The number of halogens is 1. The van der Waals surface area contributed by atoms with Crippen molar-refractivity contribution in [1.29, 1.82) is 0 Å². The maximum atomic E-state index is 12.7. The van der Waals surface area contributed by atoms with Crippen LogP contribution in [0, 0.1) is 0 Å². The van der Waals surface area contributed by atoms with Crippen LogP contribution >= 0.6 is 22.9 Å². The third kappa shape index (κ3) is 4.18. The van der Waals surface area contributed by atoms with E-state index < -0.39 is 0 Å². The van der Waals surface area contributed by atoms with Crippen LogP contribution in [-0.2, 0) is 16.6 Å². The number of fused-ring (bicyclic) bond motifs is 1. The second-order valence-corrected chi connectivity index (χ2v) is 9.18. The van der Waals surface area contributed by atoms with E-state index in [4.69, 9.17) is 11.6 Å². The van der Waals surface area contributed by atoms with Crippen LogP contribution in [0.1, 0.15) is 32.0 Å². The molecule has 4 rings (SSSR count). The van der Waals surface area contributed by atoms with E-state index in [-0.39, 0.29) is 17.7 Å². The van der Waals surface area contributed by atoms with Gasteiger partial charge in [-0.2, -0.15) is 0 Å². The zero-order valence-electron chi connectivity index (χ0n) is 16.4. The number of thiazole rings is 1. The van der Waals surface area contributed by atoms with Gasteiger partial charge in [-0.15, -0.1) is 11.3 Å². The number of carbonyl (C=O) groups is 1. The van der Waals surface area contributed by atoms with Crippen molar-refractivity contribution in [3.8, 4) is 5.82 Å². The van der Waals surface area contributed by atoms with E-state index in [0.717, 1.165) is 28.0 Å². The Morgan fingerprint density at radius 3 is 2.76 bits per heavy atom. The standard InChI is InChI=1S/C22H21ClN4OS/c1-22(2,3)18-13-29-21(25-18)26-20(28)10-14-12-27(19-6-4-5-9-24-19)17-8-7-15(23)11-16(14)17/h4-9,11-13H,10H2,1-3H3,(H,25,26,28). The SMILES string of the molecule is CC(C)(C)c1csc(NC(=O)Cc2cn(-c3ccccn3)c3ccc(Cl)cc23)n1. The molecule has 0 saturated heterocycles. The first-order valence-corrected chi connectivity index (χ1v) is 10.5. The molecule has 0 aliphatic carbocycles. The van der Waals surface area contributed by atoms with Crippen molar-refractivity contribution < 1.29 is 4.79 Å². The average molecular weight is 425 g/mol. The summed E-state index contributed by atoms with van der Waals surface area (Å²) >= 11 is 7.67. The van der Waals surface area contributed by atoms with E-state index in [1.54, 1.807) is 6.20 Å². The Bertz CT molecular complexity index is 1170. The van der Waals surface area contributed by atoms with Crippen molar-refractivity contribution in [3.05, 3.63) is 70.5 Å².